The van der Waals surface area contributed by atoms with Gasteiger partial charge in [-0.15, -0.1) is 0 Å². The highest BCUT2D eigenvalue weighted by Crippen LogP contribution is 2.71. The average Bonchev–Trinajstić information content (AvgIpc) is 2.58. The predicted molar refractivity (Wildman–Crippen MR) is 62.5 cm³/mol. The normalized spacial score (nSPS) is 33.8. The van der Waals surface area contributed by atoms with Crippen molar-refractivity contribution in [2.24, 2.45) is 5.92 Å². The second-order valence-electron chi connectivity index (χ2n) is 6.64. The molecule has 3 rings (SSSR count). The molecule has 176 valence electrons. The van der Waals surface area contributed by atoms with Crippen LogP contribution in [0, 0.1) is 5.92 Å². The van der Waals surface area contributed by atoms with Gasteiger partial charge in [-0.1, -0.05) is 0 Å². The molecular formula is C14HF17. The van der Waals surface area contributed by atoms with Crippen LogP contribution >= 0.6 is 0 Å². The molecule has 0 aliphatic heterocycles. The van der Waals surface area contributed by atoms with E-state index < -0.39 is 81.6 Å². The minimum Gasteiger partial charge on any atom is -0.210 e. The highest BCUT2D eigenvalue weighted by atomic mass is 19.4. The smallest absolute Gasteiger partial charge is 0.210 e. The van der Waals surface area contributed by atoms with Gasteiger partial charge in [0.1, 0.15) is 17.6 Å². The Balaban J connectivity index is 2.57. The third-order valence-corrected chi connectivity index (χ3v) is 4.99. The quantitative estimate of drug-likeness (QED) is 0.328. The fraction of sp³-hybridized carbons (Fsp3) is 0.571. The van der Waals surface area contributed by atoms with E-state index in [1.165, 1.54) is 0 Å². The van der Waals surface area contributed by atoms with E-state index in [9.17, 15) is 74.6 Å². The lowest BCUT2D eigenvalue weighted by Gasteiger charge is -2.49. The van der Waals surface area contributed by atoms with Gasteiger partial charge in [-0.25, -0.2) is 13.2 Å². The molecule has 0 heterocycles. The summed E-state index contributed by atoms with van der Waals surface area (Å²) in [5.41, 5.74) is -11.0. The molecule has 1 unspecified atom stereocenters. The van der Waals surface area contributed by atoms with Crippen LogP contribution in [0.5, 0.6) is 0 Å². The van der Waals surface area contributed by atoms with Crippen molar-refractivity contribution in [3.63, 3.8) is 0 Å². The molecule has 0 N–H and O–H groups in total. The Morgan fingerprint density at radius 2 is 0.968 bits per heavy atom. The van der Waals surface area contributed by atoms with Gasteiger partial charge in [-0.2, -0.15) is 61.5 Å². The highest BCUT2D eigenvalue weighted by molar-refractivity contribution is 5.64. The maximum atomic E-state index is 14.4. The standard InChI is InChI=1S/C14HF17/c15-5-1-2(8(18,19)12(26,27)11(24,25)7(1)17)6(16)4-3(5)9(20,21)13(28,29)14(30,31)10(4,22)23/h4H. The molecule has 1 fully saturated rings. The Kier molecular flexibility index (Phi) is 4.20. The number of fused-ring (bicyclic) bond motifs is 2. The molecule has 1 saturated carbocycles. The summed E-state index contributed by atoms with van der Waals surface area (Å²) in [7, 11) is 0. The Bertz CT molecular complexity index is 959. The summed E-state index contributed by atoms with van der Waals surface area (Å²) in [6, 6.07) is 0. The molecule has 0 aromatic heterocycles. The van der Waals surface area contributed by atoms with E-state index in [2.05, 4.69) is 0 Å². The number of halogens is 17. The Morgan fingerprint density at radius 1 is 0.516 bits per heavy atom. The van der Waals surface area contributed by atoms with Crippen LogP contribution in [0.15, 0.2) is 34.2 Å². The van der Waals surface area contributed by atoms with Gasteiger partial charge < -0.3 is 0 Å². The summed E-state index contributed by atoms with van der Waals surface area (Å²) in [6.07, 6.45) is 0. The van der Waals surface area contributed by atoms with Crippen molar-refractivity contribution in [2.45, 2.75) is 41.5 Å². The van der Waals surface area contributed by atoms with Crippen LogP contribution in [0.2, 0.25) is 0 Å². The second kappa shape index (κ2) is 5.50. The van der Waals surface area contributed by atoms with Crippen molar-refractivity contribution in [1.29, 1.82) is 0 Å². The molecule has 0 spiro atoms. The van der Waals surface area contributed by atoms with Gasteiger partial charge in [0, 0.05) is 0 Å². The van der Waals surface area contributed by atoms with Gasteiger partial charge in [-0.3, -0.25) is 0 Å². The van der Waals surface area contributed by atoms with Crippen molar-refractivity contribution < 1.29 is 74.6 Å². The Labute approximate surface area is 157 Å². The summed E-state index contributed by atoms with van der Waals surface area (Å²) in [5, 5.41) is 0. The van der Waals surface area contributed by atoms with Gasteiger partial charge >= 0.3 is 41.5 Å². The zero-order valence-electron chi connectivity index (χ0n) is 13.5. The molecule has 0 nitrogen and oxygen atoms in total. The van der Waals surface area contributed by atoms with Crippen LogP contribution in [-0.4, -0.2) is 41.5 Å². The zero-order valence-corrected chi connectivity index (χ0v) is 13.5. The SMILES string of the molecule is FC1=C2C(C(F)=C3C1=C(F)C(F)(F)C(F)(F)C3(F)F)C(F)(F)C(F)(F)C(F)(F)C2(F)F. The van der Waals surface area contributed by atoms with Crippen LogP contribution in [-0.2, 0) is 0 Å². The summed E-state index contributed by atoms with van der Waals surface area (Å²) < 4.78 is 233. The molecule has 1 atom stereocenters. The van der Waals surface area contributed by atoms with Crippen LogP contribution in [0.25, 0.3) is 0 Å². The highest BCUT2D eigenvalue weighted by Gasteiger charge is 2.90. The molecule has 3 aliphatic carbocycles. The molecule has 0 aromatic carbocycles. The van der Waals surface area contributed by atoms with Crippen LogP contribution < -0.4 is 0 Å². The minimum atomic E-state index is -7.30. The molecule has 0 aromatic rings. The first-order chi connectivity index (χ1) is 13.5. The lowest BCUT2D eigenvalue weighted by Crippen LogP contribution is -2.71. The van der Waals surface area contributed by atoms with E-state index in [0.717, 1.165) is 0 Å². The van der Waals surface area contributed by atoms with Gasteiger partial charge in [0.05, 0.1) is 16.7 Å². The fourth-order valence-electron chi connectivity index (χ4n) is 3.34. The van der Waals surface area contributed by atoms with Crippen LogP contribution in [0.3, 0.4) is 0 Å². The Hall–Kier alpha value is -1.97. The van der Waals surface area contributed by atoms with E-state index in [1.807, 2.05) is 0 Å². The van der Waals surface area contributed by atoms with Crippen molar-refractivity contribution >= 4 is 0 Å². The van der Waals surface area contributed by atoms with Crippen molar-refractivity contribution in [3.05, 3.63) is 34.2 Å². The zero-order chi connectivity index (χ0) is 24.5. The Morgan fingerprint density at radius 3 is 1.42 bits per heavy atom. The van der Waals surface area contributed by atoms with E-state index in [-0.39, 0.29) is 0 Å². The summed E-state index contributed by atoms with van der Waals surface area (Å²) >= 11 is 0. The summed E-state index contributed by atoms with van der Waals surface area (Å²) in [5.74, 6) is -66.0. The molecular weight excluding hydrogens is 491 g/mol. The summed E-state index contributed by atoms with van der Waals surface area (Å²) in [4.78, 5) is 0. The first-order valence-corrected chi connectivity index (χ1v) is 7.33. The number of rotatable bonds is 0. The molecule has 0 amide bonds. The molecule has 0 radical (unpaired) electrons. The fourth-order valence-corrected chi connectivity index (χ4v) is 3.34. The number of hydrogen-bond donors (Lipinski definition) is 0. The lowest BCUT2D eigenvalue weighted by atomic mass is 9.66. The third kappa shape index (κ3) is 2.10. The van der Waals surface area contributed by atoms with Gasteiger partial charge in [-0.05, 0) is 0 Å². The maximum Gasteiger partial charge on any atom is 0.383 e. The number of hydrogen-bond acceptors (Lipinski definition) is 0. The minimum absolute atomic E-state index is 3.49. The second-order valence-corrected chi connectivity index (χ2v) is 6.64. The maximum absolute atomic E-state index is 14.4. The van der Waals surface area contributed by atoms with Crippen molar-refractivity contribution in [2.75, 3.05) is 0 Å². The van der Waals surface area contributed by atoms with E-state index >= 15 is 0 Å². The molecule has 3 aliphatic rings. The van der Waals surface area contributed by atoms with E-state index in [1.54, 1.807) is 0 Å². The van der Waals surface area contributed by atoms with Crippen molar-refractivity contribution in [1.82, 2.24) is 0 Å². The van der Waals surface area contributed by atoms with Crippen LogP contribution in [0.4, 0.5) is 74.6 Å². The number of allylic oxidation sites excluding steroid dienone is 6. The van der Waals surface area contributed by atoms with Gasteiger partial charge in [0.2, 0.25) is 0 Å². The lowest BCUT2D eigenvalue weighted by molar-refractivity contribution is -0.386. The molecule has 17 heteroatoms. The number of alkyl halides is 14. The first kappa shape index (κ1) is 23.7. The molecule has 31 heavy (non-hydrogen) atoms. The molecule has 0 bridgehead atoms. The molecule has 0 saturated heterocycles. The third-order valence-electron chi connectivity index (χ3n) is 4.99. The predicted octanol–water partition coefficient (Wildman–Crippen LogP) is 6.76. The topological polar surface area (TPSA) is 0 Å². The first-order valence-electron chi connectivity index (χ1n) is 7.33. The van der Waals surface area contributed by atoms with Crippen molar-refractivity contribution in [3.8, 4) is 0 Å². The largest absolute Gasteiger partial charge is 0.383 e. The van der Waals surface area contributed by atoms with Crippen LogP contribution in [0.1, 0.15) is 0 Å². The summed E-state index contributed by atoms with van der Waals surface area (Å²) in [6.45, 7) is 0. The monoisotopic (exact) mass is 492 g/mol. The van der Waals surface area contributed by atoms with E-state index in [0.29, 0.717) is 0 Å². The van der Waals surface area contributed by atoms with Gasteiger partial charge in [0.15, 0.2) is 5.83 Å². The van der Waals surface area contributed by atoms with Gasteiger partial charge in [0.25, 0.3) is 0 Å². The average molecular weight is 492 g/mol. The van der Waals surface area contributed by atoms with E-state index in [4.69, 9.17) is 0 Å².